The van der Waals surface area contributed by atoms with E-state index in [1.165, 1.54) is 25.0 Å². The second-order valence-electron chi connectivity index (χ2n) is 6.97. The smallest absolute Gasteiger partial charge is 0.251 e. The van der Waals surface area contributed by atoms with Gasteiger partial charge in [0.1, 0.15) is 5.82 Å². The van der Waals surface area contributed by atoms with Crippen molar-refractivity contribution in [1.82, 2.24) is 15.3 Å². The van der Waals surface area contributed by atoms with Gasteiger partial charge >= 0.3 is 0 Å². The summed E-state index contributed by atoms with van der Waals surface area (Å²) >= 11 is 0. The molecule has 1 aliphatic carbocycles. The molecule has 2 aromatic carbocycles. The number of carbonyl (C=O) groups excluding carboxylic acids is 1. The first kappa shape index (κ1) is 18.1. The Kier molecular flexibility index (Phi) is 5.28. The molecule has 0 aliphatic heterocycles. The predicted octanol–water partition coefficient (Wildman–Crippen LogP) is 4.70. The molecule has 0 bridgehead atoms. The summed E-state index contributed by atoms with van der Waals surface area (Å²) in [5.74, 6) is 0.0545. The van der Waals surface area contributed by atoms with E-state index in [2.05, 4.69) is 20.6 Å². The zero-order valence-electron chi connectivity index (χ0n) is 15.4. The van der Waals surface area contributed by atoms with Crippen molar-refractivity contribution in [2.45, 2.75) is 31.7 Å². The average molecular weight is 376 g/mol. The third kappa shape index (κ3) is 4.34. The van der Waals surface area contributed by atoms with Gasteiger partial charge in [0, 0.05) is 35.2 Å². The van der Waals surface area contributed by atoms with Crippen LogP contribution in [0.15, 0.2) is 60.9 Å². The fourth-order valence-corrected chi connectivity index (χ4v) is 3.42. The van der Waals surface area contributed by atoms with Crippen molar-refractivity contribution in [2.24, 2.45) is 0 Å². The van der Waals surface area contributed by atoms with E-state index in [9.17, 15) is 9.18 Å². The Morgan fingerprint density at radius 3 is 2.46 bits per heavy atom. The second-order valence-corrected chi connectivity index (χ2v) is 6.97. The number of rotatable bonds is 5. The van der Waals surface area contributed by atoms with Crippen molar-refractivity contribution in [2.75, 3.05) is 5.32 Å². The minimum Gasteiger partial charge on any atom is -0.349 e. The number of carbonyl (C=O) groups is 1. The molecule has 28 heavy (non-hydrogen) atoms. The molecule has 2 N–H and O–H groups in total. The maximum Gasteiger partial charge on any atom is 0.251 e. The lowest BCUT2D eigenvalue weighted by Crippen LogP contribution is -2.32. The first-order valence-corrected chi connectivity index (χ1v) is 9.43. The lowest BCUT2D eigenvalue weighted by molar-refractivity contribution is 0.0938. The van der Waals surface area contributed by atoms with Crippen LogP contribution in [0.2, 0.25) is 0 Å². The number of nitrogens with one attached hydrogen (secondary N) is 2. The van der Waals surface area contributed by atoms with Crippen molar-refractivity contribution in [3.05, 3.63) is 72.3 Å². The van der Waals surface area contributed by atoms with E-state index in [1.807, 2.05) is 12.1 Å². The highest BCUT2D eigenvalue weighted by atomic mass is 19.1. The molecular weight excluding hydrogens is 355 g/mol. The van der Waals surface area contributed by atoms with Gasteiger partial charge in [-0.3, -0.25) is 4.79 Å². The van der Waals surface area contributed by atoms with Gasteiger partial charge in [0.05, 0.1) is 0 Å². The molecule has 0 atom stereocenters. The Balaban J connectivity index is 1.44. The molecule has 0 radical (unpaired) electrons. The summed E-state index contributed by atoms with van der Waals surface area (Å²) < 4.78 is 13.4. The second kappa shape index (κ2) is 8.17. The van der Waals surface area contributed by atoms with Crippen LogP contribution in [-0.2, 0) is 0 Å². The first-order valence-electron chi connectivity index (χ1n) is 9.43. The first-order chi connectivity index (χ1) is 13.7. The highest BCUT2D eigenvalue weighted by molar-refractivity contribution is 5.95. The molecule has 1 saturated carbocycles. The minimum atomic E-state index is -0.299. The van der Waals surface area contributed by atoms with E-state index in [1.54, 1.807) is 36.7 Å². The van der Waals surface area contributed by atoms with Crippen molar-refractivity contribution in [3.63, 3.8) is 0 Å². The van der Waals surface area contributed by atoms with E-state index in [4.69, 9.17) is 0 Å². The van der Waals surface area contributed by atoms with Gasteiger partial charge in [0.2, 0.25) is 5.95 Å². The molecule has 4 rings (SSSR count). The largest absolute Gasteiger partial charge is 0.349 e. The van der Waals surface area contributed by atoms with Crippen LogP contribution in [0, 0.1) is 5.82 Å². The van der Waals surface area contributed by atoms with Gasteiger partial charge in [-0.25, -0.2) is 14.4 Å². The molecule has 0 saturated heterocycles. The van der Waals surface area contributed by atoms with Crippen LogP contribution in [-0.4, -0.2) is 21.9 Å². The van der Waals surface area contributed by atoms with Crippen molar-refractivity contribution < 1.29 is 9.18 Å². The molecule has 1 amide bonds. The Bertz CT molecular complexity index is 968. The lowest BCUT2D eigenvalue weighted by atomic mass is 10.1. The van der Waals surface area contributed by atoms with Gasteiger partial charge in [-0.15, -0.1) is 0 Å². The van der Waals surface area contributed by atoms with E-state index < -0.39 is 0 Å². The Morgan fingerprint density at radius 1 is 0.964 bits per heavy atom. The zero-order valence-corrected chi connectivity index (χ0v) is 15.4. The third-order valence-corrected chi connectivity index (χ3v) is 4.88. The topological polar surface area (TPSA) is 66.9 Å². The summed E-state index contributed by atoms with van der Waals surface area (Å²) in [6, 6.07) is 13.8. The van der Waals surface area contributed by atoms with Crippen molar-refractivity contribution in [3.8, 4) is 11.1 Å². The van der Waals surface area contributed by atoms with E-state index in [0.717, 1.165) is 29.7 Å². The molecule has 6 heteroatoms. The SMILES string of the molecule is O=C(NC1CCCC1)c1cccc(Nc2ncc(-c3cccc(F)c3)cn2)c1. The van der Waals surface area contributed by atoms with Gasteiger partial charge in [-0.2, -0.15) is 0 Å². The van der Waals surface area contributed by atoms with Gasteiger partial charge in [-0.05, 0) is 48.7 Å². The quantitative estimate of drug-likeness (QED) is 0.677. The number of amides is 1. The number of nitrogens with zero attached hydrogens (tertiary/aromatic N) is 2. The fraction of sp³-hybridized carbons (Fsp3) is 0.227. The predicted molar refractivity (Wildman–Crippen MR) is 107 cm³/mol. The number of halogens is 1. The summed E-state index contributed by atoms with van der Waals surface area (Å²) in [5, 5.41) is 6.19. The lowest BCUT2D eigenvalue weighted by Gasteiger charge is -2.12. The van der Waals surface area contributed by atoms with E-state index >= 15 is 0 Å². The van der Waals surface area contributed by atoms with Crippen LogP contribution in [0.25, 0.3) is 11.1 Å². The Hall–Kier alpha value is -3.28. The highest BCUT2D eigenvalue weighted by Gasteiger charge is 2.18. The van der Waals surface area contributed by atoms with Crippen LogP contribution in [0.5, 0.6) is 0 Å². The number of benzene rings is 2. The summed E-state index contributed by atoms with van der Waals surface area (Å²) in [6.07, 6.45) is 7.73. The molecule has 0 spiro atoms. The standard InChI is InChI=1S/C22H21FN4O/c23-18-7-3-5-15(11-18)17-13-24-22(25-14-17)27-20-10-4-6-16(12-20)21(28)26-19-8-1-2-9-19/h3-7,10-14,19H,1-2,8-9H2,(H,26,28)(H,24,25,27). The van der Waals surface area contributed by atoms with Crippen LogP contribution >= 0.6 is 0 Å². The van der Waals surface area contributed by atoms with Gasteiger partial charge in [0.25, 0.3) is 5.91 Å². The summed E-state index contributed by atoms with van der Waals surface area (Å²) in [4.78, 5) is 21.0. The van der Waals surface area contributed by atoms with Gasteiger partial charge < -0.3 is 10.6 Å². The molecule has 1 fully saturated rings. The molecule has 142 valence electrons. The summed E-state index contributed by atoms with van der Waals surface area (Å²) in [7, 11) is 0. The highest BCUT2D eigenvalue weighted by Crippen LogP contribution is 2.21. The molecule has 1 aromatic heterocycles. The number of aromatic nitrogens is 2. The minimum absolute atomic E-state index is 0.0575. The fourth-order valence-electron chi connectivity index (χ4n) is 3.42. The number of hydrogen-bond acceptors (Lipinski definition) is 4. The normalized spacial score (nSPS) is 14.0. The van der Waals surface area contributed by atoms with Crippen molar-refractivity contribution in [1.29, 1.82) is 0 Å². The summed E-state index contributed by atoms with van der Waals surface area (Å²) in [6.45, 7) is 0. The Morgan fingerprint density at radius 2 is 1.71 bits per heavy atom. The van der Waals surface area contributed by atoms with Crippen LogP contribution in [0.3, 0.4) is 0 Å². The maximum atomic E-state index is 13.4. The molecular formula is C22H21FN4O. The van der Waals surface area contributed by atoms with E-state index in [0.29, 0.717) is 11.5 Å². The molecule has 5 nitrogen and oxygen atoms in total. The van der Waals surface area contributed by atoms with Gasteiger partial charge in [0.15, 0.2) is 0 Å². The van der Waals surface area contributed by atoms with Gasteiger partial charge in [-0.1, -0.05) is 31.0 Å². The summed E-state index contributed by atoms with van der Waals surface area (Å²) in [5.41, 5.74) is 2.79. The zero-order chi connectivity index (χ0) is 19.3. The molecule has 0 unspecified atom stereocenters. The third-order valence-electron chi connectivity index (χ3n) is 4.88. The van der Waals surface area contributed by atoms with Crippen LogP contribution in [0.4, 0.5) is 16.0 Å². The Labute approximate surface area is 163 Å². The molecule has 3 aromatic rings. The average Bonchev–Trinajstić information content (AvgIpc) is 3.22. The molecule has 1 heterocycles. The molecule has 1 aliphatic rings. The van der Waals surface area contributed by atoms with E-state index in [-0.39, 0.29) is 17.8 Å². The monoisotopic (exact) mass is 376 g/mol. The van der Waals surface area contributed by atoms with Crippen LogP contribution < -0.4 is 10.6 Å². The number of hydrogen-bond donors (Lipinski definition) is 2. The maximum absolute atomic E-state index is 13.4. The van der Waals surface area contributed by atoms with Crippen LogP contribution in [0.1, 0.15) is 36.0 Å². The number of anilines is 2. The van der Waals surface area contributed by atoms with Crippen molar-refractivity contribution >= 4 is 17.5 Å².